The molecule has 1 atom stereocenters. The smallest absolute Gasteiger partial charge is 0.328 e. The van der Waals surface area contributed by atoms with Crippen LogP contribution in [0.25, 0.3) is 0 Å². The molecule has 0 spiro atoms. The van der Waals surface area contributed by atoms with Crippen molar-refractivity contribution in [3.63, 3.8) is 0 Å². The fourth-order valence-electron chi connectivity index (χ4n) is 2.88. The van der Waals surface area contributed by atoms with Crippen LogP contribution in [0.4, 0.5) is 5.69 Å². The van der Waals surface area contributed by atoms with Crippen LogP contribution < -0.4 is 5.32 Å². The Morgan fingerprint density at radius 3 is 2.54 bits per heavy atom. The maximum absolute atomic E-state index is 12.7. The van der Waals surface area contributed by atoms with Crippen molar-refractivity contribution in [3.8, 4) is 0 Å². The summed E-state index contributed by atoms with van der Waals surface area (Å²) in [5.41, 5.74) is 3.24. The van der Waals surface area contributed by atoms with E-state index in [4.69, 9.17) is 11.6 Å². The zero-order valence-corrected chi connectivity index (χ0v) is 16.4. The summed E-state index contributed by atoms with van der Waals surface area (Å²) in [4.78, 5) is 23.9. The van der Waals surface area contributed by atoms with Crippen LogP contribution in [0.3, 0.4) is 0 Å². The monoisotopic (exact) mass is 401 g/mol. The Labute approximate surface area is 166 Å². The summed E-state index contributed by atoms with van der Waals surface area (Å²) >= 11 is 5.92. The highest BCUT2D eigenvalue weighted by Gasteiger charge is 2.23. The van der Waals surface area contributed by atoms with Gasteiger partial charge in [0.25, 0.3) is 5.91 Å². The topological polar surface area (TPSA) is 102 Å². The van der Waals surface area contributed by atoms with E-state index in [1.807, 2.05) is 31.2 Å². The van der Waals surface area contributed by atoms with Crippen molar-refractivity contribution in [3.05, 3.63) is 64.2 Å². The van der Waals surface area contributed by atoms with Crippen LogP contribution in [0.2, 0.25) is 5.02 Å². The lowest BCUT2D eigenvalue weighted by molar-refractivity contribution is -0.140. The molecule has 8 nitrogen and oxygen atoms in total. The van der Waals surface area contributed by atoms with E-state index in [2.05, 4.69) is 15.5 Å². The van der Waals surface area contributed by atoms with E-state index in [1.54, 1.807) is 11.6 Å². The normalized spacial score (nSPS) is 12.0. The first-order chi connectivity index (χ1) is 13.3. The van der Waals surface area contributed by atoms with Gasteiger partial charge in [0, 0.05) is 11.2 Å². The second-order valence-electron chi connectivity index (χ2n) is 6.46. The van der Waals surface area contributed by atoms with Gasteiger partial charge >= 0.3 is 5.97 Å². The first-order valence-corrected chi connectivity index (χ1v) is 9.02. The number of hydrogen-bond donors (Lipinski definition) is 2. The lowest BCUT2D eigenvalue weighted by atomic mass is 10.2. The van der Waals surface area contributed by atoms with Crippen molar-refractivity contribution in [1.82, 2.24) is 19.6 Å². The van der Waals surface area contributed by atoms with E-state index in [0.29, 0.717) is 22.9 Å². The van der Waals surface area contributed by atoms with Gasteiger partial charge in [0.15, 0.2) is 0 Å². The van der Waals surface area contributed by atoms with Crippen molar-refractivity contribution >= 4 is 29.2 Å². The number of benzene rings is 1. The van der Waals surface area contributed by atoms with E-state index < -0.39 is 17.9 Å². The first kappa shape index (κ1) is 19.6. The average molecular weight is 402 g/mol. The van der Waals surface area contributed by atoms with E-state index in [-0.39, 0.29) is 5.69 Å². The third-order valence-electron chi connectivity index (χ3n) is 4.49. The van der Waals surface area contributed by atoms with E-state index in [1.165, 1.54) is 23.9 Å². The van der Waals surface area contributed by atoms with Crippen molar-refractivity contribution < 1.29 is 14.7 Å². The number of hydrogen-bond acceptors (Lipinski definition) is 4. The predicted molar refractivity (Wildman–Crippen MR) is 105 cm³/mol. The Kier molecular flexibility index (Phi) is 5.51. The largest absolute Gasteiger partial charge is 0.480 e. The molecule has 146 valence electrons. The summed E-state index contributed by atoms with van der Waals surface area (Å²) in [6, 6.07) is 8.00. The Balaban J connectivity index is 1.83. The number of rotatable bonds is 6. The molecule has 0 radical (unpaired) electrons. The van der Waals surface area contributed by atoms with Crippen molar-refractivity contribution in [2.45, 2.75) is 33.4 Å². The summed E-state index contributed by atoms with van der Waals surface area (Å²) in [5.74, 6) is -1.51. The number of anilines is 1. The molecule has 0 aliphatic heterocycles. The van der Waals surface area contributed by atoms with Gasteiger partial charge in [-0.3, -0.25) is 9.48 Å². The Bertz CT molecular complexity index is 1020. The van der Waals surface area contributed by atoms with Crippen LogP contribution in [0.5, 0.6) is 0 Å². The fourth-order valence-corrected chi connectivity index (χ4v) is 3.01. The molecule has 0 saturated heterocycles. The molecule has 0 aliphatic rings. The lowest BCUT2D eigenvalue weighted by Crippen LogP contribution is -2.24. The lowest BCUT2D eigenvalue weighted by Gasteiger charge is -2.12. The molecule has 1 unspecified atom stereocenters. The number of aryl methyl sites for hydroxylation is 1. The van der Waals surface area contributed by atoms with Crippen LogP contribution in [0, 0.1) is 13.8 Å². The summed E-state index contributed by atoms with van der Waals surface area (Å²) in [5, 5.41) is 21.1. The van der Waals surface area contributed by atoms with Gasteiger partial charge in [0.1, 0.15) is 11.7 Å². The molecule has 28 heavy (non-hydrogen) atoms. The zero-order chi connectivity index (χ0) is 20.4. The molecule has 9 heteroatoms. The number of carboxylic acids is 1. The molecule has 3 rings (SSSR count). The van der Waals surface area contributed by atoms with Crippen LogP contribution >= 0.6 is 11.6 Å². The minimum absolute atomic E-state index is 0.166. The van der Waals surface area contributed by atoms with Crippen LogP contribution in [0.15, 0.2) is 36.5 Å². The molecular weight excluding hydrogens is 382 g/mol. The molecule has 1 amide bonds. The molecule has 2 heterocycles. The van der Waals surface area contributed by atoms with E-state index in [0.717, 1.165) is 11.3 Å². The number of halogens is 1. The van der Waals surface area contributed by atoms with Gasteiger partial charge in [-0.05, 0) is 44.5 Å². The number of amides is 1. The van der Waals surface area contributed by atoms with Crippen molar-refractivity contribution in [2.75, 3.05) is 5.32 Å². The zero-order valence-electron chi connectivity index (χ0n) is 15.7. The minimum Gasteiger partial charge on any atom is -0.480 e. The quantitative estimate of drug-likeness (QED) is 0.659. The Morgan fingerprint density at radius 2 is 1.89 bits per heavy atom. The first-order valence-electron chi connectivity index (χ1n) is 8.64. The third kappa shape index (κ3) is 3.91. The van der Waals surface area contributed by atoms with Crippen molar-refractivity contribution in [1.29, 1.82) is 0 Å². The summed E-state index contributed by atoms with van der Waals surface area (Å²) in [7, 11) is 0. The van der Waals surface area contributed by atoms with Gasteiger partial charge < -0.3 is 10.4 Å². The predicted octanol–water partition coefficient (Wildman–Crippen LogP) is 3.30. The molecule has 0 bridgehead atoms. The molecular formula is C19H20ClN5O3. The van der Waals surface area contributed by atoms with E-state index >= 15 is 0 Å². The second-order valence-corrected chi connectivity index (χ2v) is 6.90. The molecule has 2 N–H and O–H groups in total. The number of nitrogens with zero attached hydrogens (tertiary/aromatic N) is 4. The number of carbonyl (C=O) groups excluding carboxylic acids is 1. The number of nitrogens with one attached hydrogen (secondary N) is 1. The van der Waals surface area contributed by atoms with Gasteiger partial charge in [-0.1, -0.05) is 23.7 Å². The molecule has 2 aromatic heterocycles. The van der Waals surface area contributed by atoms with Gasteiger partial charge in [-0.2, -0.15) is 10.2 Å². The molecule has 1 aromatic carbocycles. The fraction of sp³-hybridized carbons (Fsp3) is 0.263. The summed E-state index contributed by atoms with van der Waals surface area (Å²) < 4.78 is 2.98. The molecule has 0 fully saturated rings. The minimum atomic E-state index is -1.07. The molecule has 0 saturated carbocycles. The number of aliphatic carboxylic acids is 1. The molecule has 0 aliphatic carbocycles. The number of carboxylic acid groups (broad SMARTS) is 1. The number of aromatic nitrogens is 4. The highest BCUT2D eigenvalue weighted by Crippen LogP contribution is 2.22. The van der Waals surface area contributed by atoms with Crippen LogP contribution in [0.1, 0.15) is 40.4 Å². The SMILES string of the molecule is Cc1nn(Cc2ccc(Cl)cc2)c(C)c1NC(=O)c1ccnn1C(C)C(=O)O. The van der Waals surface area contributed by atoms with Gasteiger partial charge in [-0.15, -0.1) is 0 Å². The van der Waals surface area contributed by atoms with E-state index in [9.17, 15) is 14.7 Å². The Hall–Kier alpha value is -3.13. The second kappa shape index (κ2) is 7.85. The number of carbonyl (C=O) groups is 2. The maximum Gasteiger partial charge on any atom is 0.328 e. The van der Waals surface area contributed by atoms with Crippen LogP contribution in [-0.2, 0) is 11.3 Å². The molecule has 3 aromatic rings. The van der Waals surface area contributed by atoms with Crippen molar-refractivity contribution in [2.24, 2.45) is 0 Å². The van der Waals surface area contributed by atoms with Gasteiger partial charge in [-0.25, -0.2) is 9.48 Å². The summed E-state index contributed by atoms with van der Waals surface area (Å²) in [6.07, 6.45) is 1.40. The standard InChI is InChI=1S/C19H20ClN5O3/c1-11-17(12(2)24(23-11)10-14-4-6-15(20)7-5-14)22-18(26)16-8-9-21-25(16)13(3)19(27)28/h4-9,13H,10H2,1-3H3,(H,22,26)(H,27,28). The average Bonchev–Trinajstić information content (AvgIpc) is 3.24. The van der Waals surface area contributed by atoms with Gasteiger partial charge in [0.2, 0.25) is 0 Å². The van der Waals surface area contributed by atoms with Crippen LogP contribution in [-0.4, -0.2) is 36.5 Å². The third-order valence-corrected chi connectivity index (χ3v) is 4.74. The summed E-state index contributed by atoms with van der Waals surface area (Å²) in [6.45, 7) is 5.67. The Morgan fingerprint density at radius 1 is 1.21 bits per heavy atom. The highest BCUT2D eigenvalue weighted by molar-refractivity contribution is 6.30. The van der Waals surface area contributed by atoms with Gasteiger partial charge in [0.05, 0.1) is 23.6 Å². The highest BCUT2D eigenvalue weighted by atomic mass is 35.5. The maximum atomic E-state index is 12.7.